The van der Waals surface area contributed by atoms with Gasteiger partial charge >= 0.3 is 5.97 Å². The van der Waals surface area contributed by atoms with Crippen LogP contribution in [0, 0.1) is 0 Å². The highest BCUT2D eigenvalue weighted by atomic mass is 79.9. The van der Waals surface area contributed by atoms with Crippen molar-refractivity contribution in [1.29, 1.82) is 0 Å². The van der Waals surface area contributed by atoms with E-state index in [9.17, 15) is 4.79 Å². The minimum Gasteiger partial charge on any atom is -0.496 e. The molecule has 0 aliphatic heterocycles. The molecular weight excluding hydrogens is 324 g/mol. The monoisotopic (exact) mass is 336 g/mol. The number of carbonyl (C=O) groups excluding carboxylic acids is 1. The number of carbonyl (C=O) groups is 1. The van der Waals surface area contributed by atoms with E-state index in [1.807, 2.05) is 0 Å². The minimum absolute atomic E-state index is 0.264. The number of ether oxygens (including phenoxy) is 3. The van der Waals surface area contributed by atoms with Gasteiger partial charge in [-0.25, -0.2) is 4.79 Å². The van der Waals surface area contributed by atoms with E-state index in [1.54, 1.807) is 42.5 Å². The molecule has 0 saturated heterocycles. The lowest BCUT2D eigenvalue weighted by Gasteiger charge is -2.12. The molecule has 2 rings (SSSR count). The standard InChI is InChI=1S/C15H13BrO4/c1-18-12-4-3-5-13(19-2)14(12)15(17)20-11-8-6-10(16)7-9-11/h3-9H,1-2H3. The topological polar surface area (TPSA) is 44.8 Å². The molecule has 2 aromatic carbocycles. The van der Waals surface area contributed by atoms with Crippen LogP contribution in [0.1, 0.15) is 10.4 Å². The first-order valence-electron chi connectivity index (χ1n) is 5.84. The van der Waals surface area contributed by atoms with Crippen molar-refractivity contribution in [1.82, 2.24) is 0 Å². The molecule has 0 amide bonds. The summed E-state index contributed by atoms with van der Waals surface area (Å²) in [7, 11) is 2.98. The fourth-order valence-corrected chi connectivity index (χ4v) is 1.98. The summed E-state index contributed by atoms with van der Waals surface area (Å²) < 4.78 is 16.6. The average molecular weight is 337 g/mol. The van der Waals surface area contributed by atoms with Crippen molar-refractivity contribution >= 4 is 21.9 Å². The van der Waals surface area contributed by atoms with E-state index in [4.69, 9.17) is 14.2 Å². The summed E-state index contributed by atoms with van der Waals surface area (Å²) in [5, 5.41) is 0. The molecule has 104 valence electrons. The van der Waals surface area contributed by atoms with Gasteiger partial charge in [-0.2, -0.15) is 0 Å². The molecule has 0 radical (unpaired) electrons. The molecule has 0 heterocycles. The zero-order valence-corrected chi connectivity index (χ0v) is 12.6. The van der Waals surface area contributed by atoms with Gasteiger partial charge in [0.2, 0.25) is 0 Å². The molecule has 4 nitrogen and oxygen atoms in total. The Kier molecular flexibility index (Phi) is 4.63. The second kappa shape index (κ2) is 6.43. The molecule has 5 heteroatoms. The summed E-state index contributed by atoms with van der Waals surface area (Å²) in [6, 6.07) is 12.1. The van der Waals surface area contributed by atoms with Gasteiger partial charge in [0, 0.05) is 4.47 Å². The number of methoxy groups -OCH3 is 2. The van der Waals surface area contributed by atoms with Gasteiger partial charge in [-0.1, -0.05) is 22.0 Å². The fourth-order valence-electron chi connectivity index (χ4n) is 1.71. The van der Waals surface area contributed by atoms with Crippen molar-refractivity contribution in [2.24, 2.45) is 0 Å². The maximum atomic E-state index is 12.3. The number of rotatable bonds is 4. The lowest BCUT2D eigenvalue weighted by molar-refractivity contribution is 0.0727. The Morgan fingerprint density at radius 3 is 2.00 bits per heavy atom. The van der Waals surface area contributed by atoms with E-state index in [-0.39, 0.29) is 5.56 Å². The lowest BCUT2D eigenvalue weighted by atomic mass is 10.2. The lowest BCUT2D eigenvalue weighted by Crippen LogP contribution is -2.11. The van der Waals surface area contributed by atoms with E-state index in [0.29, 0.717) is 17.2 Å². The maximum absolute atomic E-state index is 12.3. The summed E-state index contributed by atoms with van der Waals surface area (Å²) in [6.45, 7) is 0. The quantitative estimate of drug-likeness (QED) is 0.631. The largest absolute Gasteiger partial charge is 0.496 e. The van der Waals surface area contributed by atoms with Crippen LogP contribution in [-0.2, 0) is 0 Å². The molecule has 0 atom stereocenters. The Morgan fingerprint density at radius 1 is 0.950 bits per heavy atom. The first-order chi connectivity index (χ1) is 9.65. The highest BCUT2D eigenvalue weighted by molar-refractivity contribution is 9.10. The predicted octanol–water partition coefficient (Wildman–Crippen LogP) is 3.69. The van der Waals surface area contributed by atoms with E-state index < -0.39 is 5.97 Å². The number of benzene rings is 2. The van der Waals surface area contributed by atoms with Gasteiger partial charge in [0.1, 0.15) is 22.8 Å². The van der Waals surface area contributed by atoms with Crippen LogP contribution in [0.2, 0.25) is 0 Å². The first kappa shape index (κ1) is 14.4. The van der Waals surface area contributed by atoms with Gasteiger partial charge < -0.3 is 14.2 Å². The summed E-state index contributed by atoms with van der Waals surface area (Å²) >= 11 is 3.32. The van der Waals surface area contributed by atoms with Crippen molar-refractivity contribution in [2.45, 2.75) is 0 Å². The second-order valence-electron chi connectivity index (χ2n) is 3.88. The zero-order chi connectivity index (χ0) is 14.5. The molecule has 0 aromatic heterocycles. The minimum atomic E-state index is -0.526. The third-order valence-electron chi connectivity index (χ3n) is 2.66. The van der Waals surface area contributed by atoms with Gasteiger partial charge in [0.25, 0.3) is 0 Å². The summed E-state index contributed by atoms with van der Waals surface area (Å²) in [5.41, 5.74) is 0.264. The zero-order valence-electron chi connectivity index (χ0n) is 11.1. The van der Waals surface area contributed by atoms with Gasteiger partial charge in [-0.3, -0.25) is 0 Å². The van der Waals surface area contributed by atoms with Crippen molar-refractivity contribution in [3.8, 4) is 17.2 Å². The molecule has 0 aliphatic rings. The number of hydrogen-bond donors (Lipinski definition) is 0. The van der Waals surface area contributed by atoms with Crippen LogP contribution in [0.5, 0.6) is 17.2 Å². The van der Waals surface area contributed by atoms with E-state index >= 15 is 0 Å². The Morgan fingerprint density at radius 2 is 1.50 bits per heavy atom. The summed E-state index contributed by atoms with van der Waals surface area (Å²) in [6.07, 6.45) is 0. The highest BCUT2D eigenvalue weighted by Crippen LogP contribution is 2.29. The molecule has 2 aromatic rings. The Hall–Kier alpha value is -2.01. The molecule has 0 saturated carbocycles. The third-order valence-corrected chi connectivity index (χ3v) is 3.18. The molecular formula is C15H13BrO4. The average Bonchev–Trinajstić information content (AvgIpc) is 2.48. The van der Waals surface area contributed by atoms with Crippen LogP contribution >= 0.6 is 15.9 Å². The van der Waals surface area contributed by atoms with Gasteiger partial charge in [0.05, 0.1) is 14.2 Å². The molecule has 0 spiro atoms. The number of esters is 1. The molecule has 0 aliphatic carbocycles. The van der Waals surface area contributed by atoms with Crippen LogP contribution in [0.4, 0.5) is 0 Å². The fraction of sp³-hybridized carbons (Fsp3) is 0.133. The number of halogens is 1. The Labute approximate surface area is 125 Å². The van der Waals surface area contributed by atoms with Crippen molar-refractivity contribution in [2.75, 3.05) is 14.2 Å². The predicted molar refractivity (Wildman–Crippen MR) is 78.6 cm³/mol. The maximum Gasteiger partial charge on any atom is 0.351 e. The van der Waals surface area contributed by atoms with Crippen LogP contribution in [0.15, 0.2) is 46.9 Å². The van der Waals surface area contributed by atoms with E-state index in [2.05, 4.69) is 15.9 Å². The van der Waals surface area contributed by atoms with E-state index in [0.717, 1.165) is 4.47 Å². The van der Waals surface area contributed by atoms with Gasteiger partial charge in [-0.05, 0) is 36.4 Å². The highest BCUT2D eigenvalue weighted by Gasteiger charge is 2.20. The normalized spacial score (nSPS) is 9.95. The number of hydrogen-bond acceptors (Lipinski definition) is 4. The molecule has 20 heavy (non-hydrogen) atoms. The van der Waals surface area contributed by atoms with E-state index in [1.165, 1.54) is 14.2 Å². The summed E-state index contributed by atoms with van der Waals surface area (Å²) in [4.78, 5) is 12.3. The Bertz CT molecular complexity index is 586. The molecule has 0 fully saturated rings. The third kappa shape index (κ3) is 3.11. The van der Waals surface area contributed by atoms with Crippen molar-refractivity contribution in [3.05, 3.63) is 52.5 Å². The van der Waals surface area contributed by atoms with Crippen LogP contribution in [0.25, 0.3) is 0 Å². The van der Waals surface area contributed by atoms with Crippen LogP contribution in [0.3, 0.4) is 0 Å². The van der Waals surface area contributed by atoms with Gasteiger partial charge in [-0.15, -0.1) is 0 Å². The van der Waals surface area contributed by atoms with Crippen molar-refractivity contribution < 1.29 is 19.0 Å². The molecule has 0 unspecified atom stereocenters. The SMILES string of the molecule is COc1cccc(OC)c1C(=O)Oc1ccc(Br)cc1. The Balaban J connectivity index is 2.31. The smallest absolute Gasteiger partial charge is 0.351 e. The van der Waals surface area contributed by atoms with Crippen molar-refractivity contribution in [3.63, 3.8) is 0 Å². The van der Waals surface area contributed by atoms with Gasteiger partial charge in [0.15, 0.2) is 0 Å². The molecule has 0 bridgehead atoms. The second-order valence-corrected chi connectivity index (χ2v) is 4.80. The summed E-state index contributed by atoms with van der Waals surface area (Å²) in [5.74, 6) is 0.741. The van der Waals surface area contributed by atoms with Crippen LogP contribution in [-0.4, -0.2) is 20.2 Å². The molecule has 0 N–H and O–H groups in total. The first-order valence-corrected chi connectivity index (χ1v) is 6.63. The van der Waals surface area contributed by atoms with Crippen LogP contribution < -0.4 is 14.2 Å².